The third kappa shape index (κ3) is 2.58. The van der Waals surface area contributed by atoms with Crippen molar-refractivity contribution in [2.24, 2.45) is 0 Å². The molecule has 0 amide bonds. The van der Waals surface area contributed by atoms with Gasteiger partial charge in [-0.05, 0) is 31.2 Å². The molecular weight excluding hydrogens is 309 g/mol. The van der Waals surface area contributed by atoms with E-state index in [4.69, 9.17) is 0 Å². The predicted molar refractivity (Wildman–Crippen MR) is 74.8 cm³/mol. The van der Waals surface area contributed by atoms with Gasteiger partial charge in [0.05, 0.1) is 12.4 Å². The summed E-state index contributed by atoms with van der Waals surface area (Å²) in [6.45, 7) is 1.65. The summed E-state index contributed by atoms with van der Waals surface area (Å²) in [4.78, 5) is 11.5. The minimum atomic E-state index is -3.91. The van der Waals surface area contributed by atoms with E-state index >= 15 is 0 Å². The lowest BCUT2D eigenvalue weighted by Gasteiger charge is -2.02. The first-order chi connectivity index (χ1) is 10.5. The highest BCUT2D eigenvalue weighted by molar-refractivity contribution is 7.89. The van der Waals surface area contributed by atoms with Gasteiger partial charge in [-0.15, -0.1) is 9.19 Å². The topological polar surface area (TPSA) is 90.6 Å². The van der Waals surface area contributed by atoms with E-state index in [1.807, 2.05) is 0 Å². The number of rotatable bonds is 3. The van der Waals surface area contributed by atoms with Crippen molar-refractivity contribution in [2.75, 3.05) is 0 Å². The summed E-state index contributed by atoms with van der Waals surface area (Å²) in [5.74, 6) is 0.244. The number of benzene rings is 1. The number of halogens is 1. The summed E-state index contributed by atoms with van der Waals surface area (Å²) < 4.78 is 38.4. The summed E-state index contributed by atoms with van der Waals surface area (Å²) in [6.07, 6.45) is 3.49. The smallest absolute Gasteiger partial charge is 0.240 e. The quantitative estimate of drug-likeness (QED) is 0.725. The van der Waals surface area contributed by atoms with Crippen molar-refractivity contribution >= 4 is 10.0 Å². The van der Waals surface area contributed by atoms with Crippen LogP contribution in [0.4, 0.5) is 4.39 Å². The van der Waals surface area contributed by atoms with Crippen molar-refractivity contribution in [1.82, 2.24) is 24.1 Å². The Labute approximate surface area is 125 Å². The molecule has 7 nitrogen and oxygen atoms in total. The maximum atomic E-state index is 12.9. The molecule has 0 aliphatic rings. The second-order valence-electron chi connectivity index (χ2n) is 4.42. The van der Waals surface area contributed by atoms with Gasteiger partial charge in [0.15, 0.2) is 5.82 Å². The Morgan fingerprint density at radius 2 is 1.68 bits per heavy atom. The van der Waals surface area contributed by atoms with Crippen LogP contribution in [-0.2, 0) is 10.0 Å². The van der Waals surface area contributed by atoms with Crippen LogP contribution in [0.1, 0.15) is 5.82 Å². The molecule has 0 aliphatic carbocycles. The zero-order valence-corrected chi connectivity index (χ0v) is 12.2. The van der Waals surface area contributed by atoms with E-state index in [9.17, 15) is 12.8 Å². The van der Waals surface area contributed by atoms with Gasteiger partial charge >= 0.3 is 0 Å². The summed E-state index contributed by atoms with van der Waals surface area (Å²) >= 11 is 0. The largest absolute Gasteiger partial charge is 0.287 e. The first kappa shape index (κ1) is 14.3. The predicted octanol–water partition coefficient (Wildman–Crippen LogP) is 1.42. The van der Waals surface area contributed by atoms with Crippen molar-refractivity contribution in [3.63, 3.8) is 0 Å². The van der Waals surface area contributed by atoms with Gasteiger partial charge in [-0.2, -0.15) is 8.42 Å². The van der Waals surface area contributed by atoms with Gasteiger partial charge in [-0.1, -0.05) is 0 Å². The number of hydrogen-bond acceptors (Lipinski definition) is 6. The van der Waals surface area contributed by atoms with Gasteiger partial charge in [0, 0.05) is 5.56 Å². The molecule has 112 valence electrons. The van der Waals surface area contributed by atoms with E-state index in [1.54, 1.807) is 6.92 Å². The van der Waals surface area contributed by atoms with Crippen LogP contribution in [0.25, 0.3) is 11.4 Å². The third-order valence-corrected chi connectivity index (χ3v) is 4.35. The highest BCUT2D eigenvalue weighted by Gasteiger charge is 2.20. The molecule has 3 aromatic rings. The van der Waals surface area contributed by atoms with Crippen molar-refractivity contribution in [1.29, 1.82) is 0 Å². The van der Waals surface area contributed by atoms with E-state index in [-0.39, 0.29) is 10.7 Å². The first-order valence-corrected chi connectivity index (χ1v) is 7.63. The second kappa shape index (κ2) is 5.26. The lowest BCUT2D eigenvalue weighted by Crippen LogP contribution is -2.14. The second-order valence-corrected chi connectivity index (χ2v) is 6.21. The maximum absolute atomic E-state index is 12.9. The molecule has 1 aromatic carbocycles. The molecule has 2 heterocycles. The molecule has 0 atom stereocenters. The molecular formula is C13H10FN5O2S. The maximum Gasteiger partial charge on any atom is 0.287 e. The van der Waals surface area contributed by atoms with Crippen LogP contribution < -0.4 is 0 Å². The van der Waals surface area contributed by atoms with E-state index in [0.29, 0.717) is 11.4 Å². The minimum Gasteiger partial charge on any atom is -0.240 e. The molecule has 0 unspecified atom stereocenters. The van der Waals surface area contributed by atoms with E-state index in [1.165, 1.54) is 36.7 Å². The van der Waals surface area contributed by atoms with Crippen molar-refractivity contribution in [2.45, 2.75) is 11.8 Å². The Morgan fingerprint density at radius 3 is 2.32 bits per heavy atom. The van der Waals surface area contributed by atoms with Crippen LogP contribution in [0.15, 0.2) is 47.9 Å². The van der Waals surface area contributed by atoms with Gasteiger partial charge in [0.2, 0.25) is 0 Å². The number of hydrogen-bond donors (Lipinski definition) is 0. The van der Waals surface area contributed by atoms with Gasteiger partial charge < -0.3 is 0 Å². The van der Waals surface area contributed by atoms with E-state index in [2.05, 4.69) is 20.1 Å². The fourth-order valence-corrected chi connectivity index (χ4v) is 2.66. The fourth-order valence-electron chi connectivity index (χ4n) is 1.72. The Kier molecular flexibility index (Phi) is 3.41. The molecule has 0 spiro atoms. The average molecular weight is 319 g/mol. The van der Waals surface area contributed by atoms with Gasteiger partial charge in [-0.25, -0.2) is 19.3 Å². The van der Waals surface area contributed by atoms with Crippen LogP contribution >= 0.6 is 0 Å². The highest BCUT2D eigenvalue weighted by Crippen LogP contribution is 2.17. The van der Waals surface area contributed by atoms with Crippen LogP contribution in [0, 0.1) is 12.7 Å². The molecule has 22 heavy (non-hydrogen) atoms. The monoisotopic (exact) mass is 319 g/mol. The SMILES string of the molecule is Cc1ncc(S(=O)(=O)n2cnc(-c3ccc(F)cc3)n2)cn1. The van der Waals surface area contributed by atoms with Crippen LogP contribution in [0.5, 0.6) is 0 Å². The average Bonchev–Trinajstić information content (AvgIpc) is 2.99. The van der Waals surface area contributed by atoms with E-state index < -0.39 is 15.8 Å². The Morgan fingerprint density at radius 1 is 1.05 bits per heavy atom. The Bertz CT molecular complexity index is 904. The number of aryl methyl sites for hydroxylation is 1. The highest BCUT2D eigenvalue weighted by atomic mass is 32.2. The lowest BCUT2D eigenvalue weighted by atomic mass is 10.2. The summed E-state index contributed by atoms with van der Waals surface area (Å²) in [5, 5.41) is 3.92. The minimum absolute atomic E-state index is 0.0892. The van der Waals surface area contributed by atoms with Gasteiger partial charge in [0.25, 0.3) is 10.0 Å². The molecule has 0 aliphatic heterocycles. The van der Waals surface area contributed by atoms with Gasteiger partial charge in [0.1, 0.15) is 22.9 Å². The van der Waals surface area contributed by atoms with Crippen molar-refractivity contribution in [3.05, 3.63) is 54.6 Å². The molecule has 3 rings (SSSR count). The Balaban J connectivity index is 1.99. The molecule has 0 bridgehead atoms. The fraction of sp³-hybridized carbons (Fsp3) is 0.0769. The summed E-state index contributed by atoms with van der Waals surface area (Å²) in [7, 11) is -3.91. The number of aromatic nitrogens is 5. The summed E-state index contributed by atoms with van der Waals surface area (Å²) in [5.41, 5.74) is 0.510. The number of nitrogens with zero attached hydrogens (tertiary/aromatic N) is 5. The normalized spacial score (nSPS) is 11.5. The van der Waals surface area contributed by atoms with Crippen LogP contribution in [0.2, 0.25) is 0 Å². The van der Waals surface area contributed by atoms with Gasteiger partial charge in [-0.3, -0.25) is 0 Å². The molecule has 0 N–H and O–H groups in total. The Hall–Kier alpha value is -2.68. The lowest BCUT2D eigenvalue weighted by molar-refractivity contribution is 0.579. The zero-order chi connectivity index (χ0) is 15.7. The molecule has 9 heteroatoms. The molecule has 0 fully saturated rings. The summed E-state index contributed by atoms with van der Waals surface area (Å²) in [6, 6.07) is 5.43. The first-order valence-electron chi connectivity index (χ1n) is 6.18. The van der Waals surface area contributed by atoms with Crippen LogP contribution in [-0.4, -0.2) is 32.6 Å². The molecule has 0 saturated carbocycles. The zero-order valence-electron chi connectivity index (χ0n) is 11.4. The third-order valence-electron chi connectivity index (χ3n) is 2.88. The van der Waals surface area contributed by atoms with E-state index in [0.717, 1.165) is 10.4 Å². The van der Waals surface area contributed by atoms with Crippen molar-refractivity contribution < 1.29 is 12.8 Å². The van der Waals surface area contributed by atoms with Crippen molar-refractivity contribution in [3.8, 4) is 11.4 Å². The molecule has 0 radical (unpaired) electrons. The molecule has 2 aromatic heterocycles. The standard InChI is InChI=1S/C13H10FN5O2S/c1-9-15-6-12(7-16-9)22(20,21)19-8-17-13(18-19)10-2-4-11(14)5-3-10/h2-8H,1H3. The molecule has 0 saturated heterocycles. The van der Waals surface area contributed by atoms with Crippen LogP contribution in [0.3, 0.4) is 0 Å².